The summed E-state index contributed by atoms with van der Waals surface area (Å²) in [5.41, 5.74) is 1.39. The monoisotopic (exact) mass is 395 g/mol. The summed E-state index contributed by atoms with van der Waals surface area (Å²) in [6.07, 6.45) is 4.13. The Hall–Kier alpha value is -2.47. The van der Waals surface area contributed by atoms with Crippen LogP contribution in [-0.4, -0.2) is 34.1 Å². The minimum absolute atomic E-state index is 0.181. The van der Waals surface area contributed by atoms with Gasteiger partial charge in [0.1, 0.15) is 0 Å². The molecule has 0 spiro atoms. The van der Waals surface area contributed by atoms with Crippen molar-refractivity contribution < 1.29 is 9.21 Å². The quantitative estimate of drug-likeness (QED) is 0.620. The summed E-state index contributed by atoms with van der Waals surface area (Å²) in [5, 5.41) is 8.23. The zero-order valence-electron chi connectivity index (χ0n) is 16.1. The molecule has 0 N–H and O–H groups in total. The molecule has 1 aromatic carbocycles. The highest BCUT2D eigenvalue weighted by Crippen LogP contribution is 2.29. The number of benzene rings is 1. The Morgan fingerprint density at radius 2 is 2.00 bits per heavy atom. The first-order valence-corrected chi connectivity index (χ1v) is 10.7. The van der Waals surface area contributed by atoms with Gasteiger partial charge in [-0.05, 0) is 49.8 Å². The van der Waals surface area contributed by atoms with Crippen LogP contribution in [0.1, 0.15) is 47.9 Å². The Kier molecular flexibility index (Phi) is 5.86. The molecule has 2 aromatic heterocycles. The largest absolute Gasteiger partial charge is 0.420 e. The Labute approximate surface area is 169 Å². The molecule has 1 aliphatic rings. The average molecular weight is 396 g/mol. The van der Waals surface area contributed by atoms with E-state index in [0.29, 0.717) is 30.5 Å². The van der Waals surface area contributed by atoms with Gasteiger partial charge in [-0.25, -0.2) is 0 Å². The molecular weight excluding hydrogens is 370 g/mol. The SMILES string of the molecule is Cc1ccc(-c2nnc(CCC(=O)N3CCCC(c4ccccc4)CC3)o2)s1. The number of aryl methyl sites for hydroxylation is 2. The number of amides is 1. The summed E-state index contributed by atoms with van der Waals surface area (Å²) in [4.78, 5) is 16.9. The van der Waals surface area contributed by atoms with Gasteiger partial charge in [-0.1, -0.05) is 30.3 Å². The third kappa shape index (κ3) is 4.50. The van der Waals surface area contributed by atoms with E-state index in [9.17, 15) is 4.79 Å². The molecule has 28 heavy (non-hydrogen) atoms. The molecule has 0 aliphatic carbocycles. The van der Waals surface area contributed by atoms with Crippen molar-refractivity contribution in [3.63, 3.8) is 0 Å². The predicted octanol–water partition coefficient (Wildman–Crippen LogP) is 4.84. The lowest BCUT2D eigenvalue weighted by Gasteiger charge is -2.20. The molecule has 4 rings (SSSR count). The Balaban J connectivity index is 1.30. The molecule has 0 radical (unpaired) electrons. The van der Waals surface area contributed by atoms with Crippen molar-refractivity contribution in [1.82, 2.24) is 15.1 Å². The Morgan fingerprint density at radius 1 is 1.14 bits per heavy atom. The fourth-order valence-electron chi connectivity index (χ4n) is 3.78. The minimum Gasteiger partial charge on any atom is -0.420 e. The highest BCUT2D eigenvalue weighted by atomic mass is 32.1. The van der Waals surface area contributed by atoms with Crippen LogP contribution in [0.25, 0.3) is 10.8 Å². The van der Waals surface area contributed by atoms with E-state index in [1.165, 1.54) is 10.4 Å². The molecule has 1 fully saturated rings. The fraction of sp³-hybridized carbons (Fsp3) is 0.409. The topological polar surface area (TPSA) is 59.2 Å². The number of hydrogen-bond donors (Lipinski definition) is 0. The third-order valence-corrected chi connectivity index (χ3v) is 6.31. The summed E-state index contributed by atoms with van der Waals surface area (Å²) in [5.74, 6) is 1.81. The molecule has 1 unspecified atom stereocenters. The number of thiophene rings is 1. The van der Waals surface area contributed by atoms with Crippen LogP contribution in [0, 0.1) is 6.92 Å². The lowest BCUT2D eigenvalue weighted by Crippen LogP contribution is -2.32. The molecule has 0 saturated carbocycles. The van der Waals surface area contributed by atoms with E-state index >= 15 is 0 Å². The second-order valence-electron chi connectivity index (χ2n) is 7.33. The van der Waals surface area contributed by atoms with Crippen LogP contribution >= 0.6 is 11.3 Å². The molecule has 3 heterocycles. The zero-order chi connectivity index (χ0) is 19.3. The van der Waals surface area contributed by atoms with E-state index < -0.39 is 0 Å². The summed E-state index contributed by atoms with van der Waals surface area (Å²) >= 11 is 1.63. The maximum atomic E-state index is 12.7. The molecular formula is C22H25N3O2S. The highest BCUT2D eigenvalue weighted by molar-refractivity contribution is 7.15. The second-order valence-corrected chi connectivity index (χ2v) is 8.62. The van der Waals surface area contributed by atoms with Crippen LogP contribution in [0.15, 0.2) is 46.9 Å². The molecule has 0 bridgehead atoms. The van der Waals surface area contributed by atoms with Gasteiger partial charge in [0.2, 0.25) is 11.8 Å². The van der Waals surface area contributed by atoms with Crippen molar-refractivity contribution in [3.05, 3.63) is 58.8 Å². The van der Waals surface area contributed by atoms with E-state index in [2.05, 4.69) is 40.5 Å². The number of carbonyl (C=O) groups is 1. The standard InChI is InChI=1S/C22H25N3O2S/c1-16-9-10-19(28-16)22-24-23-20(27-22)11-12-21(26)25-14-5-8-18(13-15-25)17-6-3-2-4-7-17/h2-4,6-7,9-10,18H,5,8,11-15H2,1H3. The minimum atomic E-state index is 0.181. The van der Waals surface area contributed by atoms with Crippen LogP contribution < -0.4 is 0 Å². The van der Waals surface area contributed by atoms with Gasteiger partial charge in [-0.3, -0.25) is 4.79 Å². The van der Waals surface area contributed by atoms with Gasteiger partial charge < -0.3 is 9.32 Å². The van der Waals surface area contributed by atoms with E-state index in [1.54, 1.807) is 11.3 Å². The molecule has 1 saturated heterocycles. The number of hydrogen-bond acceptors (Lipinski definition) is 5. The molecule has 1 aliphatic heterocycles. The number of likely N-dealkylation sites (tertiary alicyclic amines) is 1. The molecule has 1 amide bonds. The predicted molar refractivity (Wildman–Crippen MR) is 110 cm³/mol. The molecule has 3 aromatic rings. The molecule has 146 valence electrons. The molecule has 1 atom stereocenters. The number of carbonyl (C=O) groups excluding carboxylic acids is 1. The first-order chi connectivity index (χ1) is 13.7. The number of aromatic nitrogens is 2. The maximum Gasteiger partial charge on any atom is 0.257 e. The van der Waals surface area contributed by atoms with Gasteiger partial charge in [0.25, 0.3) is 5.89 Å². The Bertz CT molecular complexity index is 919. The van der Waals surface area contributed by atoms with Crippen LogP contribution in [0.2, 0.25) is 0 Å². The van der Waals surface area contributed by atoms with Crippen molar-refractivity contribution in [1.29, 1.82) is 0 Å². The fourth-order valence-corrected chi connectivity index (χ4v) is 4.57. The summed E-state index contributed by atoms with van der Waals surface area (Å²) in [6.45, 7) is 3.71. The summed E-state index contributed by atoms with van der Waals surface area (Å²) in [7, 11) is 0. The Morgan fingerprint density at radius 3 is 2.79 bits per heavy atom. The third-order valence-electron chi connectivity index (χ3n) is 5.32. The molecule has 5 nitrogen and oxygen atoms in total. The van der Waals surface area contributed by atoms with Crippen LogP contribution in [0.3, 0.4) is 0 Å². The van der Waals surface area contributed by atoms with E-state index in [0.717, 1.165) is 37.2 Å². The first-order valence-electron chi connectivity index (χ1n) is 9.91. The smallest absolute Gasteiger partial charge is 0.257 e. The zero-order valence-corrected chi connectivity index (χ0v) is 17.0. The van der Waals surface area contributed by atoms with Gasteiger partial charge >= 0.3 is 0 Å². The van der Waals surface area contributed by atoms with Crippen molar-refractivity contribution in [2.45, 2.75) is 44.9 Å². The average Bonchev–Trinajstić information content (AvgIpc) is 3.29. The second kappa shape index (κ2) is 8.69. The van der Waals surface area contributed by atoms with Crippen LogP contribution in [0.5, 0.6) is 0 Å². The highest BCUT2D eigenvalue weighted by Gasteiger charge is 2.22. The van der Waals surface area contributed by atoms with Crippen LogP contribution in [-0.2, 0) is 11.2 Å². The van der Waals surface area contributed by atoms with Gasteiger partial charge in [-0.2, -0.15) is 0 Å². The van der Waals surface area contributed by atoms with Crippen molar-refractivity contribution in [2.75, 3.05) is 13.1 Å². The van der Waals surface area contributed by atoms with E-state index in [4.69, 9.17) is 4.42 Å². The lowest BCUT2D eigenvalue weighted by atomic mass is 9.92. The van der Waals surface area contributed by atoms with E-state index in [1.807, 2.05) is 24.0 Å². The number of nitrogens with zero attached hydrogens (tertiary/aromatic N) is 3. The summed E-state index contributed by atoms with van der Waals surface area (Å²) < 4.78 is 5.74. The van der Waals surface area contributed by atoms with Gasteiger partial charge in [0, 0.05) is 30.8 Å². The number of rotatable bonds is 5. The molecule has 6 heteroatoms. The van der Waals surface area contributed by atoms with Gasteiger partial charge in [-0.15, -0.1) is 21.5 Å². The van der Waals surface area contributed by atoms with Crippen LogP contribution in [0.4, 0.5) is 0 Å². The van der Waals surface area contributed by atoms with E-state index in [-0.39, 0.29) is 5.91 Å². The van der Waals surface area contributed by atoms with Crippen molar-refractivity contribution >= 4 is 17.2 Å². The first kappa shape index (κ1) is 18.9. The van der Waals surface area contributed by atoms with Crippen molar-refractivity contribution in [3.8, 4) is 10.8 Å². The normalized spacial score (nSPS) is 17.5. The van der Waals surface area contributed by atoms with Gasteiger partial charge in [0.15, 0.2) is 0 Å². The summed E-state index contributed by atoms with van der Waals surface area (Å²) in [6, 6.07) is 14.7. The van der Waals surface area contributed by atoms with Gasteiger partial charge in [0.05, 0.1) is 4.88 Å². The van der Waals surface area contributed by atoms with Crippen molar-refractivity contribution in [2.24, 2.45) is 0 Å². The maximum absolute atomic E-state index is 12.7. The lowest BCUT2D eigenvalue weighted by molar-refractivity contribution is -0.131.